The van der Waals surface area contributed by atoms with E-state index in [0.717, 1.165) is 22.9 Å². The summed E-state index contributed by atoms with van der Waals surface area (Å²) in [6.07, 6.45) is 0. The van der Waals surface area contributed by atoms with Crippen LogP contribution in [0.25, 0.3) is 0 Å². The van der Waals surface area contributed by atoms with Crippen molar-refractivity contribution in [2.75, 3.05) is 11.9 Å². The SMILES string of the molecule is Cc1nc(N(C)Cc2cccc(C(N)=S)c2)sc1C. The van der Waals surface area contributed by atoms with Gasteiger partial charge < -0.3 is 10.6 Å². The number of aromatic nitrogens is 1. The van der Waals surface area contributed by atoms with Gasteiger partial charge in [-0.25, -0.2) is 4.98 Å². The number of nitrogens with zero attached hydrogens (tertiary/aromatic N) is 2. The second kappa shape index (κ2) is 5.67. The molecule has 1 aromatic carbocycles. The molecule has 2 rings (SSSR count). The first-order valence-corrected chi connectivity index (χ1v) is 7.23. The molecule has 0 aliphatic heterocycles. The molecule has 1 aromatic heterocycles. The van der Waals surface area contributed by atoms with Crippen molar-refractivity contribution in [3.05, 3.63) is 46.0 Å². The summed E-state index contributed by atoms with van der Waals surface area (Å²) < 4.78 is 0. The Balaban J connectivity index is 2.16. The van der Waals surface area contributed by atoms with Gasteiger partial charge in [-0.05, 0) is 25.5 Å². The van der Waals surface area contributed by atoms with Gasteiger partial charge in [-0.3, -0.25) is 0 Å². The molecule has 1 heterocycles. The van der Waals surface area contributed by atoms with Crippen molar-refractivity contribution in [3.8, 4) is 0 Å². The summed E-state index contributed by atoms with van der Waals surface area (Å²) in [6, 6.07) is 8.03. The number of rotatable bonds is 4. The monoisotopic (exact) mass is 291 g/mol. The Hall–Kier alpha value is -1.46. The minimum absolute atomic E-state index is 0.436. The highest BCUT2D eigenvalue weighted by atomic mass is 32.1. The molecule has 0 radical (unpaired) electrons. The van der Waals surface area contributed by atoms with Crippen LogP contribution in [0.1, 0.15) is 21.7 Å². The Morgan fingerprint density at radius 2 is 2.16 bits per heavy atom. The van der Waals surface area contributed by atoms with Gasteiger partial charge in [0.05, 0.1) is 5.69 Å². The fraction of sp³-hybridized carbons (Fsp3) is 0.286. The van der Waals surface area contributed by atoms with E-state index in [9.17, 15) is 0 Å². The van der Waals surface area contributed by atoms with Crippen LogP contribution in [0.5, 0.6) is 0 Å². The quantitative estimate of drug-likeness (QED) is 0.879. The van der Waals surface area contributed by atoms with Gasteiger partial charge in [0.25, 0.3) is 0 Å². The van der Waals surface area contributed by atoms with Crippen LogP contribution in [0, 0.1) is 13.8 Å². The van der Waals surface area contributed by atoms with Crippen molar-refractivity contribution in [1.29, 1.82) is 0 Å². The maximum Gasteiger partial charge on any atom is 0.185 e. The molecular formula is C14H17N3S2. The number of benzene rings is 1. The molecule has 2 aromatic rings. The van der Waals surface area contributed by atoms with Gasteiger partial charge in [0.15, 0.2) is 5.13 Å². The summed E-state index contributed by atoms with van der Waals surface area (Å²) >= 11 is 6.72. The Labute approximate surface area is 123 Å². The minimum atomic E-state index is 0.436. The average Bonchev–Trinajstić information content (AvgIpc) is 2.70. The maximum atomic E-state index is 5.66. The van der Waals surface area contributed by atoms with E-state index in [4.69, 9.17) is 18.0 Å². The Morgan fingerprint density at radius 1 is 1.42 bits per heavy atom. The Kier molecular flexibility index (Phi) is 4.17. The Bertz CT molecular complexity index is 585. The highest BCUT2D eigenvalue weighted by Crippen LogP contribution is 2.25. The fourth-order valence-corrected chi connectivity index (χ4v) is 2.78. The molecule has 2 N–H and O–H groups in total. The lowest BCUT2D eigenvalue weighted by atomic mass is 10.1. The number of aryl methyl sites for hydroxylation is 2. The molecule has 0 aliphatic carbocycles. The van der Waals surface area contributed by atoms with Gasteiger partial charge in [-0.1, -0.05) is 30.4 Å². The smallest absolute Gasteiger partial charge is 0.185 e. The fourth-order valence-electron chi connectivity index (χ4n) is 1.78. The first kappa shape index (κ1) is 14.0. The van der Waals surface area contributed by atoms with Crippen molar-refractivity contribution in [1.82, 2.24) is 4.98 Å². The Morgan fingerprint density at radius 3 is 2.74 bits per heavy atom. The largest absolute Gasteiger partial charge is 0.389 e. The zero-order valence-corrected chi connectivity index (χ0v) is 12.9. The van der Waals surface area contributed by atoms with Crippen molar-refractivity contribution < 1.29 is 0 Å². The summed E-state index contributed by atoms with van der Waals surface area (Å²) in [5.41, 5.74) is 8.84. The minimum Gasteiger partial charge on any atom is -0.389 e. The van der Waals surface area contributed by atoms with Crippen molar-refractivity contribution in [2.24, 2.45) is 5.73 Å². The number of thiocarbonyl (C=S) groups is 1. The predicted molar refractivity (Wildman–Crippen MR) is 86.0 cm³/mol. The second-order valence-electron chi connectivity index (χ2n) is 4.56. The zero-order valence-electron chi connectivity index (χ0n) is 11.3. The number of anilines is 1. The third-order valence-corrected chi connectivity index (χ3v) is 4.40. The molecule has 0 atom stereocenters. The van der Waals surface area contributed by atoms with E-state index in [0.29, 0.717) is 4.99 Å². The van der Waals surface area contributed by atoms with Crippen molar-refractivity contribution in [3.63, 3.8) is 0 Å². The normalized spacial score (nSPS) is 10.5. The van der Waals surface area contributed by atoms with Crippen LogP contribution in [0.4, 0.5) is 5.13 Å². The zero-order chi connectivity index (χ0) is 14.0. The molecule has 0 saturated carbocycles. The highest BCUT2D eigenvalue weighted by molar-refractivity contribution is 7.80. The van der Waals surface area contributed by atoms with Crippen molar-refractivity contribution in [2.45, 2.75) is 20.4 Å². The number of thiazole rings is 1. The third-order valence-electron chi connectivity index (χ3n) is 2.98. The number of hydrogen-bond donors (Lipinski definition) is 1. The van der Waals surface area contributed by atoms with Gasteiger partial charge in [0, 0.05) is 24.0 Å². The highest BCUT2D eigenvalue weighted by Gasteiger charge is 2.09. The molecule has 0 bridgehead atoms. The van der Waals surface area contributed by atoms with Crippen LogP contribution in [-0.2, 0) is 6.54 Å². The topological polar surface area (TPSA) is 42.2 Å². The van der Waals surface area contributed by atoms with Crippen LogP contribution in [-0.4, -0.2) is 17.0 Å². The second-order valence-corrected chi connectivity index (χ2v) is 6.18. The molecule has 19 heavy (non-hydrogen) atoms. The van der Waals surface area contributed by atoms with E-state index in [2.05, 4.69) is 22.9 Å². The molecular weight excluding hydrogens is 274 g/mol. The number of nitrogens with two attached hydrogens (primary N) is 1. The summed E-state index contributed by atoms with van der Waals surface area (Å²) in [6.45, 7) is 4.93. The molecule has 0 saturated heterocycles. The summed E-state index contributed by atoms with van der Waals surface area (Å²) in [5, 5.41) is 1.04. The molecule has 0 amide bonds. The van der Waals surface area contributed by atoms with Crippen LogP contribution < -0.4 is 10.6 Å². The lowest BCUT2D eigenvalue weighted by Gasteiger charge is -2.16. The van der Waals surface area contributed by atoms with E-state index >= 15 is 0 Å². The summed E-state index contributed by atoms with van der Waals surface area (Å²) in [5.74, 6) is 0. The standard InChI is InChI=1S/C14H17N3S2/c1-9-10(2)19-14(16-9)17(3)8-11-5-4-6-12(7-11)13(15)18/h4-7H,8H2,1-3H3,(H2,15,18). The first-order chi connectivity index (χ1) is 8.97. The molecule has 3 nitrogen and oxygen atoms in total. The third kappa shape index (κ3) is 3.30. The van der Waals surface area contributed by atoms with Crippen LogP contribution in [0.3, 0.4) is 0 Å². The summed E-state index contributed by atoms with van der Waals surface area (Å²) in [4.78, 5) is 8.40. The molecule has 5 heteroatoms. The van der Waals surface area contributed by atoms with Gasteiger partial charge in [-0.15, -0.1) is 11.3 Å². The molecule has 100 valence electrons. The molecule has 0 aliphatic rings. The van der Waals surface area contributed by atoms with E-state index in [1.807, 2.05) is 32.2 Å². The van der Waals surface area contributed by atoms with Gasteiger partial charge in [0.1, 0.15) is 4.99 Å². The van der Waals surface area contributed by atoms with Crippen LogP contribution >= 0.6 is 23.6 Å². The van der Waals surface area contributed by atoms with E-state index in [1.165, 1.54) is 10.4 Å². The van der Waals surface area contributed by atoms with Gasteiger partial charge >= 0.3 is 0 Å². The van der Waals surface area contributed by atoms with Gasteiger partial charge in [-0.2, -0.15) is 0 Å². The average molecular weight is 291 g/mol. The number of hydrogen-bond acceptors (Lipinski definition) is 4. The molecule has 0 spiro atoms. The van der Waals surface area contributed by atoms with E-state index in [1.54, 1.807) is 11.3 Å². The van der Waals surface area contributed by atoms with Crippen molar-refractivity contribution >= 4 is 33.7 Å². The maximum absolute atomic E-state index is 5.66. The first-order valence-electron chi connectivity index (χ1n) is 6.01. The lowest BCUT2D eigenvalue weighted by Crippen LogP contribution is -2.17. The van der Waals surface area contributed by atoms with E-state index in [-0.39, 0.29) is 0 Å². The van der Waals surface area contributed by atoms with E-state index < -0.39 is 0 Å². The molecule has 0 unspecified atom stereocenters. The predicted octanol–water partition coefficient (Wildman–Crippen LogP) is 3.03. The van der Waals surface area contributed by atoms with Gasteiger partial charge in [0.2, 0.25) is 0 Å². The molecule has 0 fully saturated rings. The van der Waals surface area contributed by atoms with Crippen LogP contribution in [0.15, 0.2) is 24.3 Å². The summed E-state index contributed by atoms with van der Waals surface area (Å²) in [7, 11) is 2.05. The lowest BCUT2D eigenvalue weighted by molar-refractivity contribution is 0.910. The van der Waals surface area contributed by atoms with Crippen LogP contribution in [0.2, 0.25) is 0 Å².